The zero-order valence-electron chi connectivity index (χ0n) is 10.8. The van der Waals surface area contributed by atoms with Gasteiger partial charge in [-0.1, -0.05) is 30.3 Å². The van der Waals surface area contributed by atoms with Crippen molar-refractivity contribution in [2.75, 3.05) is 6.54 Å². The Kier molecular flexibility index (Phi) is 4.03. The second kappa shape index (κ2) is 5.94. The van der Waals surface area contributed by atoms with Crippen LogP contribution < -0.4 is 5.32 Å². The van der Waals surface area contributed by atoms with Crippen molar-refractivity contribution in [3.05, 3.63) is 62.8 Å². The Bertz CT molecular complexity index is 648. The highest BCUT2D eigenvalue weighted by atomic mass is 79.9. The van der Waals surface area contributed by atoms with Crippen molar-refractivity contribution in [2.45, 2.75) is 12.3 Å². The van der Waals surface area contributed by atoms with E-state index in [4.69, 9.17) is 0 Å². The molecule has 1 atom stereocenters. The predicted molar refractivity (Wildman–Crippen MR) is 86.8 cm³/mol. The molecule has 20 heavy (non-hydrogen) atoms. The lowest BCUT2D eigenvalue weighted by molar-refractivity contribution is -0.116. The molecule has 102 valence electrons. The summed E-state index contributed by atoms with van der Waals surface area (Å²) in [6, 6.07) is 14.5. The van der Waals surface area contributed by atoms with Crippen LogP contribution in [0.5, 0.6) is 0 Å². The van der Waals surface area contributed by atoms with E-state index in [1.165, 1.54) is 5.56 Å². The minimum absolute atomic E-state index is 0.00273. The summed E-state index contributed by atoms with van der Waals surface area (Å²) >= 11 is 5.17. The fourth-order valence-electron chi connectivity index (χ4n) is 2.53. The van der Waals surface area contributed by atoms with Crippen LogP contribution in [-0.4, -0.2) is 12.5 Å². The second-order valence-corrected chi connectivity index (χ2v) is 7.21. The summed E-state index contributed by atoms with van der Waals surface area (Å²) in [4.78, 5) is 13.0. The molecule has 1 aromatic heterocycles. The molecule has 3 rings (SSSR count). The molecule has 1 N–H and O–H groups in total. The zero-order valence-corrected chi connectivity index (χ0v) is 13.2. The quantitative estimate of drug-likeness (QED) is 0.866. The van der Waals surface area contributed by atoms with Gasteiger partial charge in [0.2, 0.25) is 5.91 Å². The van der Waals surface area contributed by atoms with Gasteiger partial charge in [0, 0.05) is 23.4 Å². The number of hydrogen-bond acceptors (Lipinski definition) is 2. The van der Waals surface area contributed by atoms with E-state index in [0.29, 0.717) is 6.54 Å². The molecule has 0 saturated heterocycles. The van der Waals surface area contributed by atoms with E-state index >= 15 is 0 Å². The summed E-state index contributed by atoms with van der Waals surface area (Å²) < 4.78 is 1.09. The number of allylic oxidation sites excluding steroid dienone is 1. The van der Waals surface area contributed by atoms with Gasteiger partial charge in [0.15, 0.2) is 0 Å². The van der Waals surface area contributed by atoms with Crippen molar-refractivity contribution < 1.29 is 4.79 Å². The van der Waals surface area contributed by atoms with Crippen LogP contribution >= 0.6 is 27.3 Å². The first-order chi connectivity index (χ1) is 9.74. The maximum Gasteiger partial charge on any atom is 0.244 e. The Morgan fingerprint density at radius 3 is 2.65 bits per heavy atom. The smallest absolute Gasteiger partial charge is 0.244 e. The van der Waals surface area contributed by atoms with Gasteiger partial charge in [-0.25, -0.2) is 0 Å². The van der Waals surface area contributed by atoms with Gasteiger partial charge in [0.25, 0.3) is 0 Å². The Balaban J connectivity index is 2.06. The zero-order chi connectivity index (χ0) is 13.9. The van der Waals surface area contributed by atoms with E-state index in [-0.39, 0.29) is 11.8 Å². The molecule has 0 fully saturated rings. The van der Waals surface area contributed by atoms with Gasteiger partial charge >= 0.3 is 0 Å². The minimum Gasteiger partial charge on any atom is -0.353 e. The van der Waals surface area contributed by atoms with Gasteiger partial charge in [0.1, 0.15) is 0 Å². The third kappa shape index (κ3) is 2.86. The fourth-order valence-corrected chi connectivity index (χ4v) is 3.99. The predicted octanol–water partition coefficient (Wildman–Crippen LogP) is 4.20. The van der Waals surface area contributed by atoms with Crippen LogP contribution in [0.25, 0.3) is 5.57 Å². The number of carbonyl (C=O) groups excluding carboxylic acids is 1. The summed E-state index contributed by atoms with van der Waals surface area (Å²) in [5, 5.41) is 2.93. The van der Waals surface area contributed by atoms with Crippen LogP contribution in [0.2, 0.25) is 0 Å². The summed E-state index contributed by atoms with van der Waals surface area (Å²) in [7, 11) is 0. The van der Waals surface area contributed by atoms with Gasteiger partial charge in [-0.2, -0.15) is 0 Å². The van der Waals surface area contributed by atoms with Crippen LogP contribution in [0.1, 0.15) is 22.8 Å². The van der Waals surface area contributed by atoms with Crippen LogP contribution in [0.15, 0.2) is 52.3 Å². The average molecular weight is 348 g/mol. The molecular formula is C16H14BrNOS. The number of carbonyl (C=O) groups is 1. The van der Waals surface area contributed by atoms with E-state index < -0.39 is 0 Å². The van der Waals surface area contributed by atoms with E-state index in [0.717, 1.165) is 20.7 Å². The second-order valence-electron chi connectivity index (χ2n) is 4.75. The highest BCUT2D eigenvalue weighted by Crippen LogP contribution is 2.39. The Labute approximate surface area is 130 Å². The van der Waals surface area contributed by atoms with E-state index in [1.807, 2.05) is 12.1 Å². The van der Waals surface area contributed by atoms with E-state index in [9.17, 15) is 4.79 Å². The standard InChI is InChI=1S/C16H14BrNOS/c17-15-7-6-14(20-15)13-10-16(19)18-9-8-12(13)11-4-2-1-3-5-11/h1-7,10,12H,8-9H2,(H,18,19). The number of benzene rings is 1. The molecule has 4 heteroatoms. The third-order valence-electron chi connectivity index (χ3n) is 3.45. The summed E-state index contributed by atoms with van der Waals surface area (Å²) in [5.41, 5.74) is 2.38. The van der Waals surface area contributed by atoms with Crippen LogP contribution in [0.4, 0.5) is 0 Å². The molecule has 0 saturated carbocycles. The average Bonchev–Trinajstić information content (AvgIpc) is 2.79. The topological polar surface area (TPSA) is 29.1 Å². The third-order valence-corrected chi connectivity index (χ3v) is 5.13. The van der Waals surface area contributed by atoms with Crippen molar-refractivity contribution in [1.29, 1.82) is 0 Å². The number of rotatable bonds is 2. The number of hydrogen-bond donors (Lipinski definition) is 1. The lowest BCUT2D eigenvalue weighted by Crippen LogP contribution is -2.20. The molecule has 1 aliphatic rings. The van der Waals surface area contributed by atoms with E-state index in [1.54, 1.807) is 17.4 Å². The number of amides is 1. The largest absolute Gasteiger partial charge is 0.353 e. The molecule has 1 aromatic carbocycles. The number of nitrogens with one attached hydrogen (secondary N) is 1. The number of halogens is 1. The Morgan fingerprint density at radius 2 is 1.95 bits per heavy atom. The normalized spacial score (nSPS) is 19.1. The highest BCUT2D eigenvalue weighted by molar-refractivity contribution is 9.11. The monoisotopic (exact) mass is 347 g/mol. The molecule has 1 unspecified atom stereocenters. The molecule has 1 aliphatic heterocycles. The minimum atomic E-state index is 0.00273. The summed E-state index contributed by atoms with van der Waals surface area (Å²) in [5.74, 6) is 0.267. The molecule has 0 spiro atoms. The lowest BCUT2D eigenvalue weighted by atomic mass is 9.87. The van der Waals surface area contributed by atoms with Crippen molar-refractivity contribution in [1.82, 2.24) is 5.32 Å². The molecule has 2 heterocycles. The van der Waals surface area contributed by atoms with Crippen molar-refractivity contribution in [3.8, 4) is 0 Å². The van der Waals surface area contributed by atoms with Gasteiger partial charge in [-0.3, -0.25) is 4.79 Å². The lowest BCUT2D eigenvalue weighted by Gasteiger charge is -2.18. The van der Waals surface area contributed by atoms with Crippen LogP contribution in [0.3, 0.4) is 0 Å². The molecule has 0 radical (unpaired) electrons. The number of thiophene rings is 1. The molecule has 1 amide bonds. The van der Waals surface area contributed by atoms with Gasteiger partial charge in [0.05, 0.1) is 3.79 Å². The summed E-state index contributed by atoms with van der Waals surface area (Å²) in [6.07, 6.45) is 2.68. The maximum absolute atomic E-state index is 11.9. The SMILES string of the molecule is O=C1C=C(c2ccc(Br)s2)C(c2ccccc2)CCN1. The first kappa shape index (κ1) is 13.6. The maximum atomic E-state index is 11.9. The Hall–Kier alpha value is -1.39. The van der Waals surface area contributed by atoms with Gasteiger partial charge < -0.3 is 5.32 Å². The van der Waals surface area contributed by atoms with Crippen LogP contribution in [0, 0.1) is 0 Å². The summed E-state index contributed by atoms with van der Waals surface area (Å²) in [6.45, 7) is 0.713. The fraction of sp³-hybridized carbons (Fsp3) is 0.188. The van der Waals surface area contributed by atoms with Crippen molar-refractivity contribution in [2.24, 2.45) is 0 Å². The van der Waals surface area contributed by atoms with Gasteiger partial charge in [-0.15, -0.1) is 11.3 Å². The first-order valence-corrected chi connectivity index (χ1v) is 8.15. The van der Waals surface area contributed by atoms with Crippen molar-refractivity contribution in [3.63, 3.8) is 0 Å². The molecule has 0 aliphatic carbocycles. The first-order valence-electron chi connectivity index (χ1n) is 6.54. The van der Waals surface area contributed by atoms with E-state index in [2.05, 4.69) is 51.6 Å². The highest BCUT2D eigenvalue weighted by Gasteiger charge is 2.23. The molecule has 2 nitrogen and oxygen atoms in total. The molecule has 2 aromatic rings. The van der Waals surface area contributed by atoms with Crippen LogP contribution in [-0.2, 0) is 4.79 Å². The van der Waals surface area contributed by atoms with Gasteiger partial charge in [-0.05, 0) is 45.6 Å². The molecular weight excluding hydrogens is 334 g/mol. The van der Waals surface area contributed by atoms with Crippen molar-refractivity contribution >= 4 is 38.7 Å². The Morgan fingerprint density at radius 1 is 1.15 bits per heavy atom. The molecule has 0 bridgehead atoms.